The third kappa shape index (κ3) is 2.96. The summed E-state index contributed by atoms with van der Waals surface area (Å²) in [4.78, 5) is 31.8. The molecule has 0 spiro atoms. The average Bonchev–Trinajstić information content (AvgIpc) is 2.66. The number of aromatic nitrogens is 1. The van der Waals surface area contributed by atoms with Crippen LogP contribution in [0.5, 0.6) is 0 Å². The largest absolute Gasteiger partial charge is 0.369 e. The zero-order chi connectivity index (χ0) is 18.3. The molecule has 2 aliphatic rings. The molecule has 5 nitrogen and oxygen atoms in total. The van der Waals surface area contributed by atoms with Crippen LogP contribution < -0.4 is 5.73 Å². The lowest BCUT2D eigenvalue weighted by atomic mass is 9.88. The second-order valence-electron chi connectivity index (χ2n) is 7.63. The number of aryl methyl sites for hydroxylation is 2. The van der Waals surface area contributed by atoms with Crippen LogP contribution in [0.4, 0.5) is 0 Å². The van der Waals surface area contributed by atoms with E-state index in [-0.39, 0.29) is 17.7 Å². The lowest BCUT2D eigenvalue weighted by molar-refractivity contribution is -0.123. The first-order valence-electron chi connectivity index (χ1n) is 9.55. The van der Waals surface area contributed by atoms with Crippen molar-refractivity contribution in [3.05, 3.63) is 40.6 Å². The molecule has 1 aliphatic carbocycles. The number of piperidine rings is 1. The van der Waals surface area contributed by atoms with Gasteiger partial charge in [0.1, 0.15) is 0 Å². The highest BCUT2D eigenvalue weighted by molar-refractivity contribution is 6.08. The first kappa shape index (κ1) is 17.0. The number of amides is 2. The van der Waals surface area contributed by atoms with Gasteiger partial charge >= 0.3 is 0 Å². The fraction of sp³-hybridized carbons (Fsp3) is 0.476. The number of rotatable bonds is 2. The third-order valence-electron chi connectivity index (χ3n) is 5.74. The normalized spacial score (nSPS) is 20.0. The first-order chi connectivity index (χ1) is 12.5. The van der Waals surface area contributed by atoms with Crippen LogP contribution >= 0.6 is 0 Å². The SMILES string of the molecule is Cc1ccc2nc3c(c(C(=O)N4CCCC(C(N)=O)C4)c2c1)CCCC3. The molecule has 1 aliphatic heterocycles. The molecule has 1 atom stereocenters. The van der Waals surface area contributed by atoms with Crippen molar-refractivity contribution in [2.75, 3.05) is 13.1 Å². The molecule has 1 aromatic carbocycles. The minimum atomic E-state index is -0.306. The summed E-state index contributed by atoms with van der Waals surface area (Å²) in [6.45, 7) is 3.16. The van der Waals surface area contributed by atoms with Crippen LogP contribution in [0.25, 0.3) is 10.9 Å². The van der Waals surface area contributed by atoms with Crippen molar-refractivity contribution in [1.29, 1.82) is 0 Å². The minimum absolute atomic E-state index is 0.0344. The van der Waals surface area contributed by atoms with Gasteiger partial charge in [-0.1, -0.05) is 11.6 Å². The number of pyridine rings is 1. The highest BCUT2D eigenvalue weighted by Crippen LogP contribution is 2.31. The summed E-state index contributed by atoms with van der Waals surface area (Å²) < 4.78 is 0. The van der Waals surface area contributed by atoms with Crippen LogP contribution in [-0.4, -0.2) is 34.8 Å². The Bertz CT molecular complexity index is 890. The Hall–Kier alpha value is -2.43. The Morgan fingerprint density at radius 2 is 2.00 bits per heavy atom. The number of hydrogen-bond donors (Lipinski definition) is 1. The second-order valence-corrected chi connectivity index (χ2v) is 7.63. The van der Waals surface area contributed by atoms with Gasteiger partial charge in [0.25, 0.3) is 5.91 Å². The molecule has 2 N–H and O–H groups in total. The van der Waals surface area contributed by atoms with Gasteiger partial charge in [-0.15, -0.1) is 0 Å². The third-order valence-corrected chi connectivity index (χ3v) is 5.74. The van der Waals surface area contributed by atoms with E-state index in [1.54, 1.807) is 0 Å². The summed E-state index contributed by atoms with van der Waals surface area (Å²) in [5, 5.41) is 0.942. The van der Waals surface area contributed by atoms with Gasteiger partial charge in [-0.3, -0.25) is 14.6 Å². The molecule has 1 fully saturated rings. The van der Waals surface area contributed by atoms with Crippen molar-refractivity contribution in [1.82, 2.24) is 9.88 Å². The summed E-state index contributed by atoms with van der Waals surface area (Å²) in [6, 6.07) is 6.13. The van der Waals surface area contributed by atoms with Crippen LogP contribution in [0.1, 0.15) is 52.9 Å². The molecule has 1 unspecified atom stereocenters. The van der Waals surface area contributed by atoms with Crippen LogP contribution in [0, 0.1) is 12.8 Å². The van der Waals surface area contributed by atoms with Gasteiger partial charge in [0.05, 0.1) is 17.0 Å². The molecular weight excluding hydrogens is 326 g/mol. The fourth-order valence-corrected chi connectivity index (χ4v) is 4.33. The van der Waals surface area contributed by atoms with E-state index in [1.165, 1.54) is 0 Å². The zero-order valence-corrected chi connectivity index (χ0v) is 15.3. The van der Waals surface area contributed by atoms with Gasteiger partial charge in [-0.05, 0) is 63.1 Å². The molecule has 2 amide bonds. The average molecular weight is 351 g/mol. The molecule has 0 radical (unpaired) electrons. The quantitative estimate of drug-likeness (QED) is 0.904. The number of fused-ring (bicyclic) bond motifs is 2. The van der Waals surface area contributed by atoms with Crippen LogP contribution in [0.2, 0.25) is 0 Å². The van der Waals surface area contributed by atoms with E-state index < -0.39 is 0 Å². The fourth-order valence-electron chi connectivity index (χ4n) is 4.33. The highest BCUT2D eigenvalue weighted by Gasteiger charge is 2.31. The summed E-state index contributed by atoms with van der Waals surface area (Å²) in [6.07, 6.45) is 5.65. The van der Waals surface area contributed by atoms with Gasteiger partial charge in [-0.25, -0.2) is 0 Å². The number of carbonyl (C=O) groups excluding carboxylic acids is 2. The molecular formula is C21H25N3O2. The maximum atomic E-state index is 13.5. The lowest BCUT2D eigenvalue weighted by Gasteiger charge is -2.32. The van der Waals surface area contributed by atoms with E-state index in [4.69, 9.17) is 10.7 Å². The van der Waals surface area contributed by atoms with E-state index >= 15 is 0 Å². The molecule has 26 heavy (non-hydrogen) atoms. The van der Waals surface area contributed by atoms with E-state index in [0.717, 1.165) is 71.8 Å². The van der Waals surface area contributed by atoms with E-state index in [2.05, 4.69) is 6.07 Å². The molecule has 4 rings (SSSR count). The Balaban J connectivity index is 1.82. The van der Waals surface area contributed by atoms with E-state index in [9.17, 15) is 9.59 Å². The molecule has 2 heterocycles. The van der Waals surface area contributed by atoms with Gasteiger partial charge < -0.3 is 10.6 Å². The topological polar surface area (TPSA) is 76.3 Å². The Kier molecular flexibility index (Phi) is 4.39. The van der Waals surface area contributed by atoms with Crippen molar-refractivity contribution in [2.24, 2.45) is 11.7 Å². The number of carbonyl (C=O) groups is 2. The standard InChI is InChI=1S/C21H25N3O2/c1-13-8-9-18-16(11-13)19(15-6-2-3-7-17(15)23-18)21(26)24-10-4-5-14(12-24)20(22)25/h8-9,11,14H,2-7,10,12H2,1H3,(H2,22,25). The Morgan fingerprint density at radius 1 is 1.19 bits per heavy atom. The van der Waals surface area contributed by atoms with Gasteiger partial charge in [0.2, 0.25) is 5.91 Å². The number of primary amides is 1. The Labute approximate surface area is 153 Å². The number of likely N-dealkylation sites (tertiary alicyclic amines) is 1. The van der Waals surface area contributed by atoms with E-state index in [1.807, 2.05) is 24.0 Å². The number of hydrogen-bond acceptors (Lipinski definition) is 3. The number of nitrogens with two attached hydrogens (primary N) is 1. The molecule has 1 saturated heterocycles. The van der Waals surface area contributed by atoms with Crippen molar-refractivity contribution >= 4 is 22.7 Å². The zero-order valence-electron chi connectivity index (χ0n) is 15.3. The van der Waals surface area contributed by atoms with Crippen LogP contribution in [0.15, 0.2) is 18.2 Å². The molecule has 0 bridgehead atoms. The summed E-state index contributed by atoms with van der Waals surface area (Å²) in [5.74, 6) is -0.509. The van der Waals surface area contributed by atoms with Gasteiger partial charge in [0.15, 0.2) is 0 Å². The van der Waals surface area contributed by atoms with Gasteiger partial charge in [0, 0.05) is 24.2 Å². The summed E-state index contributed by atoms with van der Waals surface area (Å²) in [5.41, 5.74) is 10.5. The predicted octanol–water partition coefficient (Wildman–Crippen LogP) is 2.76. The smallest absolute Gasteiger partial charge is 0.254 e. The van der Waals surface area contributed by atoms with Crippen molar-refractivity contribution in [3.8, 4) is 0 Å². The molecule has 2 aromatic rings. The lowest BCUT2D eigenvalue weighted by Crippen LogP contribution is -2.44. The molecule has 136 valence electrons. The Morgan fingerprint density at radius 3 is 2.81 bits per heavy atom. The van der Waals surface area contributed by atoms with Crippen LogP contribution in [0.3, 0.4) is 0 Å². The van der Waals surface area contributed by atoms with Crippen molar-refractivity contribution in [3.63, 3.8) is 0 Å². The second kappa shape index (κ2) is 6.71. The van der Waals surface area contributed by atoms with Crippen molar-refractivity contribution < 1.29 is 9.59 Å². The number of nitrogens with zero attached hydrogens (tertiary/aromatic N) is 2. The number of benzene rings is 1. The first-order valence-corrected chi connectivity index (χ1v) is 9.55. The molecule has 1 aromatic heterocycles. The maximum absolute atomic E-state index is 13.5. The minimum Gasteiger partial charge on any atom is -0.369 e. The predicted molar refractivity (Wildman–Crippen MR) is 101 cm³/mol. The van der Waals surface area contributed by atoms with E-state index in [0.29, 0.717) is 13.1 Å². The molecule has 5 heteroatoms. The van der Waals surface area contributed by atoms with Crippen molar-refractivity contribution in [2.45, 2.75) is 45.4 Å². The maximum Gasteiger partial charge on any atom is 0.254 e. The monoisotopic (exact) mass is 351 g/mol. The summed E-state index contributed by atoms with van der Waals surface area (Å²) >= 11 is 0. The highest BCUT2D eigenvalue weighted by atomic mass is 16.2. The molecule has 0 saturated carbocycles. The van der Waals surface area contributed by atoms with Crippen LogP contribution in [-0.2, 0) is 17.6 Å². The summed E-state index contributed by atoms with van der Waals surface area (Å²) in [7, 11) is 0. The van der Waals surface area contributed by atoms with Gasteiger partial charge in [-0.2, -0.15) is 0 Å².